The molecule has 0 spiro atoms. The number of anilines is 1. The predicted molar refractivity (Wildman–Crippen MR) is 74.8 cm³/mol. The molecule has 106 valence electrons. The molecule has 0 aromatic carbocycles. The Morgan fingerprint density at radius 2 is 2.00 bits per heavy atom. The van der Waals surface area contributed by atoms with Gasteiger partial charge in [0.15, 0.2) is 0 Å². The van der Waals surface area contributed by atoms with Crippen molar-refractivity contribution in [1.29, 1.82) is 0 Å². The molecular weight excluding hydrogens is 264 g/mol. The van der Waals surface area contributed by atoms with E-state index in [1.807, 2.05) is 20.8 Å². The topological polar surface area (TPSA) is 68.3 Å². The van der Waals surface area contributed by atoms with Crippen LogP contribution in [0.4, 0.5) is 5.69 Å². The largest absolute Gasteiger partial charge is 0.480 e. The van der Waals surface area contributed by atoms with E-state index in [1.165, 1.54) is 7.11 Å². The second-order valence-electron chi connectivity index (χ2n) is 5.91. The minimum Gasteiger partial charge on any atom is -0.480 e. The highest BCUT2D eigenvalue weighted by Gasteiger charge is 2.62. The summed E-state index contributed by atoms with van der Waals surface area (Å²) in [6.07, 6.45) is 2.94. The van der Waals surface area contributed by atoms with Crippen LogP contribution in [-0.4, -0.2) is 25.3 Å². The Balaban J connectivity index is 2.33. The van der Waals surface area contributed by atoms with Crippen LogP contribution in [-0.2, 0) is 10.0 Å². The van der Waals surface area contributed by atoms with Crippen LogP contribution in [0.15, 0.2) is 18.3 Å². The first-order chi connectivity index (χ1) is 8.73. The fraction of sp³-hybridized carbons (Fsp3) is 0.615. The maximum atomic E-state index is 12.6. The Hall–Kier alpha value is -1.30. The molecule has 1 aromatic heterocycles. The molecule has 19 heavy (non-hydrogen) atoms. The number of ether oxygens (including phenoxy) is 1. The second kappa shape index (κ2) is 4.37. The molecule has 6 heteroatoms. The molecule has 1 N–H and O–H groups in total. The maximum Gasteiger partial charge on any atom is 0.239 e. The average Bonchev–Trinajstić information content (AvgIpc) is 3.09. The van der Waals surface area contributed by atoms with Crippen LogP contribution in [0.25, 0.3) is 0 Å². The molecular formula is C13H20N2O3S. The Bertz CT molecular complexity index is 572. The van der Waals surface area contributed by atoms with Crippen molar-refractivity contribution in [3.8, 4) is 5.88 Å². The molecule has 5 nitrogen and oxygen atoms in total. The van der Waals surface area contributed by atoms with Crippen molar-refractivity contribution in [1.82, 2.24) is 4.98 Å². The highest BCUT2D eigenvalue weighted by Crippen LogP contribution is 2.56. The number of methoxy groups -OCH3 is 1. The van der Waals surface area contributed by atoms with E-state index in [-0.39, 0.29) is 11.3 Å². The van der Waals surface area contributed by atoms with E-state index in [1.54, 1.807) is 18.3 Å². The minimum atomic E-state index is -3.46. The van der Waals surface area contributed by atoms with Gasteiger partial charge in [-0.15, -0.1) is 0 Å². The number of hydrogen-bond acceptors (Lipinski definition) is 4. The third-order valence-corrected chi connectivity index (χ3v) is 6.33. The first-order valence-corrected chi connectivity index (χ1v) is 7.73. The van der Waals surface area contributed by atoms with Crippen LogP contribution in [0.3, 0.4) is 0 Å². The number of nitrogens with zero attached hydrogens (tertiary/aromatic N) is 1. The lowest BCUT2D eigenvalue weighted by atomic mass is 9.90. The fourth-order valence-corrected chi connectivity index (χ4v) is 4.49. The summed E-state index contributed by atoms with van der Waals surface area (Å²) in [5.74, 6) is 0.288. The van der Waals surface area contributed by atoms with Gasteiger partial charge in [0.05, 0.1) is 11.9 Å². The van der Waals surface area contributed by atoms with Crippen LogP contribution < -0.4 is 9.46 Å². The Labute approximate surface area is 114 Å². The number of rotatable bonds is 4. The molecule has 1 aromatic rings. The van der Waals surface area contributed by atoms with Crippen molar-refractivity contribution < 1.29 is 13.2 Å². The highest BCUT2D eigenvalue weighted by atomic mass is 32.2. The Morgan fingerprint density at radius 3 is 2.47 bits per heavy atom. The van der Waals surface area contributed by atoms with Gasteiger partial charge in [-0.3, -0.25) is 4.72 Å². The molecule has 1 heterocycles. The lowest BCUT2D eigenvalue weighted by Crippen LogP contribution is -2.40. The third kappa shape index (κ3) is 2.29. The smallest absolute Gasteiger partial charge is 0.239 e. The van der Waals surface area contributed by atoms with E-state index >= 15 is 0 Å². The summed E-state index contributed by atoms with van der Waals surface area (Å²) in [7, 11) is -1.99. The normalized spacial score (nSPS) is 17.9. The highest BCUT2D eigenvalue weighted by molar-refractivity contribution is 7.94. The summed E-state index contributed by atoms with van der Waals surface area (Å²) < 4.78 is 32.2. The number of sulfonamides is 1. The fourth-order valence-electron chi connectivity index (χ4n) is 2.41. The van der Waals surface area contributed by atoms with E-state index in [2.05, 4.69) is 9.71 Å². The number of hydrogen-bond donors (Lipinski definition) is 1. The lowest BCUT2D eigenvalue weighted by molar-refractivity contribution is 0.363. The van der Waals surface area contributed by atoms with Gasteiger partial charge >= 0.3 is 0 Å². The molecule has 0 amide bonds. The summed E-state index contributed by atoms with van der Waals surface area (Å²) >= 11 is 0. The summed E-state index contributed by atoms with van der Waals surface area (Å²) in [6.45, 7) is 5.87. The van der Waals surface area contributed by atoms with Crippen LogP contribution >= 0.6 is 0 Å². The molecule has 0 unspecified atom stereocenters. The monoisotopic (exact) mass is 284 g/mol. The zero-order valence-corrected chi connectivity index (χ0v) is 12.5. The summed E-state index contributed by atoms with van der Waals surface area (Å²) in [6, 6.07) is 3.33. The zero-order valence-electron chi connectivity index (χ0n) is 11.7. The van der Waals surface area contributed by atoms with Gasteiger partial charge < -0.3 is 4.74 Å². The van der Waals surface area contributed by atoms with E-state index in [4.69, 9.17) is 4.74 Å². The van der Waals surface area contributed by atoms with E-state index in [0.29, 0.717) is 18.5 Å². The van der Waals surface area contributed by atoms with Gasteiger partial charge in [-0.1, -0.05) is 20.8 Å². The van der Waals surface area contributed by atoms with Gasteiger partial charge in [-0.2, -0.15) is 0 Å². The Morgan fingerprint density at radius 1 is 1.37 bits per heavy atom. The second-order valence-corrected chi connectivity index (χ2v) is 7.90. The minimum absolute atomic E-state index is 0.288. The summed E-state index contributed by atoms with van der Waals surface area (Å²) in [4.78, 5) is 4.00. The van der Waals surface area contributed by atoms with E-state index in [9.17, 15) is 8.42 Å². The molecule has 0 bridgehead atoms. The SMILES string of the molecule is COc1ncccc1NS(=O)(=O)C1(C(C)(C)C)CC1. The standard InChI is InChI=1S/C13H20N2O3S/c1-12(2,3)13(7-8-13)19(16,17)15-10-6-5-9-14-11(10)18-4/h5-6,9,15H,7-8H2,1-4H3. The molecule has 1 fully saturated rings. The quantitative estimate of drug-likeness (QED) is 0.922. The maximum absolute atomic E-state index is 12.6. The average molecular weight is 284 g/mol. The number of nitrogens with one attached hydrogen (secondary N) is 1. The van der Waals surface area contributed by atoms with Crippen molar-refractivity contribution in [2.45, 2.75) is 38.4 Å². The predicted octanol–water partition coefficient (Wildman–Crippen LogP) is 2.41. The van der Waals surface area contributed by atoms with Gasteiger partial charge in [0.2, 0.25) is 15.9 Å². The van der Waals surface area contributed by atoms with Gasteiger partial charge in [0.1, 0.15) is 5.69 Å². The number of pyridine rings is 1. The molecule has 0 saturated heterocycles. The Kier molecular flexibility index (Phi) is 3.24. The number of aromatic nitrogens is 1. The molecule has 1 saturated carbocycles. The van der Waals surface area contributed by atoms with Crippen molar-refractivity contribution >= 4 is 15.7 Å². The molecule has 1 aliphatic rings. The van der Waals surface area contributed by atoms with Crippen molar-refractivity contribution in [3.63, 3.8) is 0 Å². The van der Waals surface area contributed by atoms with Crippen LogP contribution in [0.1, 0.15) is 33.6 Å². The summed E-state index contributed by atoms with van der Waals surface area (Å²) in [5.41, 5.74) is 0.0920. The first-order valence-electron chi connectivity index (χ1n) is 6.25. The first kappa shape index (κ1) is 14.1. The van der Waals surface area contributed by atoms with Gasteiger partial charge in [0.25, 0.3) is 0 Å². The lowest BCUT2D eigenvalue weighted by Gasteiger charge is -2.30. The molecule has 1 aliphatic carbocycles. The van der Waals surface area contributed by atoms with Crippen molar-refractivity contribution in [2.24, 2.45) is 5.41 Å². The molecule has 0 atom stereocenters. The summed E-state index contributed by atoms with van der Waals surface area (Å²) in [5, 5.41) is 0. The van der Waals surface area contributed by atoms with Crippen LogP contribution in [0, 0.1) is 5.41 Å². The van der Waals surface area contributed by atoms with Gasteiger partial charge in [0, 0.05) is 6.20 Å². The van der Waals surface area contributed by atoms with E-state index in [0.717, 1.165) is 0 Å². The third-order valence-electron chi connectivity index (χ3n) is 3.79. The molecule has 0 aliphatic heterocycles. The molecule has 2 rings (SSSR count). The molecule has 0 radical (unpaired) electrons. The van der Waals surface area contributed by atoms with Gasteiger partial charge in [-0.25, -0.2) is 13.4 Å². The van der Waals surface area contributed by atoms with Crippen molar-refractivity contribution in [2.75, 3.05) is 11.8 Å². The van der Waals surface area contributed by atoms with Crippen LogP contribution in [0.5, 0.6) is 5.88 Å². The van der Waals surface area contributed by atoms with E-state index < -0.39 is 14.8 Å². The zero-order chi connectivity index (χ0) is 14.3. The van der Waals surface area contributed by atoms with Crippen LogP contribution in [0.2, 0.25) is 0 Å². The van der Waals surface area contributed by atoms with Crippen molar-refractivity contribution in [3.05, 3.63) is 18.3 Å². The van der Waals surface area contributed by atoms with Gasteiger partial charge in [-0.05, 0) is 30.4 Å².